The van der Waals surface area contributed by atoms with Crippen LogP contribution in [-0.2, 0) is 0 Å². The lowest BCUT2D eigenvalue weighted by Gasteiger charge is -2.39. The Balaban J connectivity index is 1.92. The third kappa shape index (κ3) is 2.71. The van der Waals surface area contributed by atoms with Crippen molar-refractivity contribution in [2.75, 3.05) is 40.3 Å². The van der Waals surface area contributed by atoms with E-state index in [1.165, 1.54) is 51.9 Å². The summed E-state index contributed by atoms with van der Waals surface area (Å²) < 4.78 is 0. The van der Waals surface area contributed by atoms with Crippen molar-refractivity contribution in [2.45, 2.75) is 37.8 Å². The normalized spacial score (nSPS) is 34.8. The molecule has 2 saturated heterocycles. The van der Waals surface area contributed by atoms with E-state index < -0.39 is 0 Å². The second-order valence-corrected chi connectivity index (χ2v) is 5.15. The highest BCUT2D eigenvalue weighted by molar-refractivity contribution is 4.88. The second-order valence-electron chi connectivity index (χ2n) is 5.15. The smallest absolute Gasteiger partial charge is 0.0238 e. The van der Waals surface area contributed by atoms with Gasteiger partial charge in [0.05, 0.1) is 0 Å². The van der Waals surface area contributed by atoms with Crippen LogP contribution in [0.3, 0.4) is 0 Å². The quantitative estimate of drug-likeness (QED) is 0.744. The fourth-order valence-corrected chi connectivity index (χ4v) is 3.14. The Morgan fingerprint density at radius 3 is 2.73 bits per heavy atom. The predicted octanol–water partition coefficient (Wildman–Crippen LogP) is 0.764. The SMILES string of the molecule is CNCC1CCCCN1C1CCN(C)C1. The summed E-state index contributed by atoms with van der Waals surface area (Å²) >= 11 is 0. The zero-order chi connectivity index (χ0) is 10.7. The van der Waals surface area contributed by atoms with Crippen LogP contribution < -0.4 is 5.32 Å². The molecule has 2 unspecified atom stereocenters. The van der Waals surface area contributed by atoms with Gasteiger partial charge < -0.3 is 10.2 Å². The van der Waals surface area contributed by atoms with Gasteiger partial charge in [0.25, 0.3) is 0 Å². The molecule has 3 heteroatoms. The molecule has 2 aliphatic rings. The van der Waals surface area contributed by atoms with Gasteiger partial charge in [-0.2, -0.15) is 0 Å². The van der Waals surface area contributed by atoms with E-state index in [0.717, 1.165) is 12.1 Å². The minimum absolute atomic E-state index is 0.792. The van der Waals surface area contributed by atoms with Crippen LogP contribution in [-0.4, -0.2) is 62.2 Å². The summed E-state index contributed by atoms with van der Waals surface area (Å²) in [7, 11) is 4.32. The lowest BCUT2D eigenvalue weighted by atomic mass is 9.99. The standard InChI is InChI=1S/C12H25N3/c1-13-9-11-5-3-4-7-15(11)12-6-8-14(2)10-12/h11-13H,3-10H2,1-2H3. The van der Waals surface area contributed by atoms with Crippen LogP contribution in [0, 0.1) is 0 Å². The monoisotopic (exact) mass is 211 g/mol. The van der Waals surface area contributed by atoms with E-state index in [0.29, 0.717) is 0 Å². The first kappa shape index (κ1) is 11.4. The summed E-state index contributed by atoms with van der Waals surface area (Å²) in [5.41, 5.74) is 0. The first-order valence-corrected chi connectivity index (χ1v) is 6.40. The van der Waals surface area contributed by atoms with Crippen LogP contribution in [0.25, 0.3) is 0 Å². The molecule has 2 atom stereocenters. The van der Waals surface area contributed by atoms with E-state index >= 15 is 0 Å². The van der Waals surface area contributed by atoms with Crippen LogP contribution in [0.15, 0.2) is 0 Å². The molecule has 0 aromatic carbocycles. The number of hydrogen-bond acceptors (Lipinski definition) is 3. The molecule has 0 aromatic rings. The van der Waals surface area contributed by atoms with E-state index in [2.05, 4.69) is 29.2 Å². The Kier molecular flexibility index (Phi) is 4.00. The van der Waals surface area contributed by atoms with Gasteiger partial charge in [0.1, 0.15) is 0 Å². The highest BCUT2D eigenvalue weighted by Crippen LogP contribution is 2.23. The van der Waals surface area contributed by atoms with Gasteiger partial charge >= 0.3 is 0 Å². The van der Waals surface area contributed by atoms with Crippen molar-refractivity contribution in [2.24, 2.45) is 0 Å². The molecule has 15 heavy (non-hydrogen) atoms. The number of likely N-dealkylation sites (tertiary alicyclic amines) is 2. The molecule has 3 nitrogen and oxygen atoms in total. The number of hydrogen-bond donors (Lipinski definition) is 1. The number of nitrogens with one attached hydrogen (secondary N) is 1. The summed E-state index contributed by atoms with van der Waals surface area (Å²) in [5.74, 6) is 0. The molecule has 1 N–H and O–H groups in total. The van der Waals surface area contributed by atoms with Gasteiger partial charge in [0.15, 0.2) is 0 Å². The molecule has 2 heterocycles. The average Bonchev–Trinajstić information content (AvgIpc) is 2.66. The molecule has 0 spiro atoms. The Hall–Kier alpha value is -0.120. The van der Waals surface area contributed by atoms with E-state index in [1.54, 1.807) is 0 Å². The van der Waals surface area contributed by atoms with E-state index in [4.69, 9.17) is 0 Å². The molecule has 0 amide bonds. The van der Waals surface area contributed by atoms with Crippen molar-refractivity contribution >= 4 is 0 Å². The topological polar surface area (TPSA) is 18.5 Å². The molecule has 88 valence electrons. The fourth-order valence-electron chi connectivity index (χ4n) is 3.14. The highest BCUT2D eigenvalue weighted by atomic mass is 15.3. The average molecular weight is 211 g/mol. The zero-order valence-electron chi connectivity index (χ0n) is 10.2. The van der Waals surface area contributed by atoms with Crippen LogP contribution >= 0.6 is 0 Å². The Labute approximate surface area is 93.8 Å². The molecule has 2 rings (SSSR count). The van der Waals surface area contributed by atoms with Crippen LogP contribution in [0.2, 0.25) is 0 Å². The van der Waals surface area contributed by atoms with E-state index in [9.17, 15) is 0 Å². The fraction of sp³-hybridized carbons (Fsp3) is 1.00. The second kappa shape index (κ2) is 5.28. The van der Waals surface area contributed by atoms with E-state index in [-0.39, 0.29) is 0 Å². The van der Waals surface area contributed by atoms with Gasteiger partial charge in [0, 0.05) is 25.2 Å². The molecule has 0 radical (unpaired) electrons. The van der Waals surface area contributed by atoms with Crippen molar-refractivity contribution in [3.63, 3.8) is 0 Å². The highest BCUT2D eigenvalue weighted by Gasteiger charge is 2.31. The van der Waals surface area contributed by atoms with Crippen molar-refractivity contribution in [1.82, 2.24) is 15.1 Å². The Morgan fingerprint density at radius 2 is 2.07 bits per heavy atom. The molecular formula is C12H25N3. The number of piperidine rings is 1. The van der Waals surface area contributed by atoms with Crippen LogP contribution in [0.4, 0.5) is 0 Å². The Bertz CT molecular complexity index is 189. The van der Waals surface area contributed by atoms with Crippen molar-refractivity contribution in [3.05, 3.63) is 0 Å². The van der Waals surface area contributed by atoms with Crippen molar-refractivity contribution in [3.8, 4) is 0 Å². The minimum Gasteiger partial charge on any atom is -0.318 e. The molecular weight excluding hydrogens is 186 g/mol. The molecule has 0 aromatic heterocycles. The lowest BCUT2D eigenvalue weighted by Crippen LogP contribution is -2.50. The predicted molar refractivity (Wildman–Crippen MR) is 64.2 cm³/mol. The summed E-state index contributed by atoms with van der Waals surface area (Å²) in [4.78, 5) is 5.24. The number of rotatable bonds is 3. The van der Waals surface area contributed by atoms with Gasteiger partial charge in [-0.15, -0.1) is 0 Å². The molecule has 0 aliphatic carbocycles. The molecule has 0 saturated carbocycles. The number of nitrogens with zero attached hydrogens (tertiary/aromatic N) is 2. The van der Waals surface area contributed by atoms with Crippen molar-refractivity contribution < 1.29 is 0 Å². The summed E-state index contributed by atoms with van der Waals surface area (Å²) in [6, 6.07) is 1.62. The van der Waals surface area contributed by atoms with E-state index in [1.807, 2.05) is 0 Å². The van der Waals surface area contributed by atoms with Gasteiger partial charge in [0.2, 0.25) is 0 Å². The summed E-state index contributed by atoms with van der Waals surface area (Å²) in [6.45, 7) is 5.05. The van der Waals surface area contributed by atoms with Gasteiger partial charge in [-0.05, 0) is 46.4 Å². The zero-order valence-corrected chi connectivity index (χ0v) is 10.2. The van der Waals surface area contributed by atoms with Crippen molar-refractivity contribution in [1.29, 1.82) is 0 Å². The third-order valence-corrected chi connectivity index (χ3v) is 3.95. The first-order chi connectivity index (χ1) is 7.31. The minimum atomic E-state index is 0.792. The van der Waals surface area contributed by atoms with Crippen LogP contribution in [0.1, 0.15) is 25.7 Å². The van der Waals surface area contributed by atoms with Gasteiger partial charge in [-0.3, -0.25) is 4.90 Å². The maximum Gasteiger partial charge on any atom is 0.0238 e. The lowest BCUT2D eigenvalue weighted by molar-refractivity contribution is 0.0986. The van der Waals surface area contributed by atoms with Crippen LogP contribution in [0.5, 0.6) is 0 Å². The summed E-state index contributed by atoms with van der Waals surface area (Å²) in [5, 5.41) is 3.35. The molecule has 2 aliphatic heterocycles. The summed E-state index contributed by atoms with van der Waals surface area (Å²) in [6.07, 6.45) is 5.59. The van der Waals surface area contributed by atoms with Gasteiger partial charge in [-0.1, -0.05) is 6.42 Å². The third-order valence-electron chi connectivity index (χ3n) is 3.95. The largest absolute Gasteiger partial charge is 0.318 e. The Morgan fingerprint density at radius 1 is 1.20 bits per heavy atom. The first-order valence-electron chi connectivity index (χ1n) is 6.40. The maximum atomic E-state index is 3.35. The number of likely N-dealkylation sites (N-methyl/N-ethyl adjacent to an activating group) is 2. The molecule has 0 bridgehead atoms. The van der Waals surface area contributed by atoms with Gasteiger partial charge in [-0.25, -0.2) is 0 Å². The molecule has 2 fully saturated rings. The maximum absolute atomic E-state index is 3.35.